The SMILES string of the molecule is CC(CNc1cnccc1C(=O)O)c1ccccc1. The lowest BCUT2D eigenvalue weighted by Crippen LogP contribution is -2.13. The Morgan fingerprint density at radius 3 is 2.74 bits per heavy atom. The summed E-state index contributed by atoms with van der Waals surface area (Å²) in [5, 5.41) is 12.2. The molecule has 2 N–H and O–H groups in total. The Kier molecular flexibility index (Phi) is 4.13. The van der Waals surface area contributed by atoms with E-state index in [4.69, 9.17) is 5.11 Å². The largest absolute Gasteiger partial charge is 0.478 e. The lowest BCUT2D eigenvalue weighted by Gasteiger charge is -2.15. The summed E-state index contributed by atoms with van der Waals surface area (Å²) >= 11 is 0. The number of aromatic nitrogens is 1. The molecule has 0 amide bonds. The van der Waals surface area contributed by atoms with Gasteiger partial charge in [-0.2, -0.15) is 0 Å². The first-order chi connectivity index (χ1) is 9.18. The molecule has 98 valence electrons. The summed E-state index contributed by atoms with van der Waals surface area (Å²) in [5.74, 6) is -0.652. The molecule has 1 heterocycles. The van der Waals surface area contributed by atoms with Gasteiger partial charge in [-0.3, -0.25) is 4.98 Å². The van der Waals surface area contributed by atoms with Crippen LogP contribution in [0.3, 0.4) is 0 Å². The number of hydrogen-bond acceptors (Lipinski definition) is 3. The van der Waals surface area contributed by atoms with Crippen molar-refractivity contribution < 1.29 is 9.90 Å². The predicted molar refractivity (Wildman–Crippen MR) is 74.5 cm³/mol. The van der Waals surface area contributed by atoms with Crippen LogP contribution in [0, 0.1) is 0 Å². The Morgan fingerprint density at radius 2 is 2.05 bits per heavy atom. The number of nitrogens with one attached hydrogen (secondary N) is 1. The molecule has 4 heteroatoms. The van der Waals surface area contributed by atoms with Gasteiger partial charge >= 0.3 is 5.97 Å². The van der Waals surface area contributed by atoms with Crippen molar-refractivity contribution in [3.05, 3.63) is 59.9 Å². The zero-order chi connectivity index (χ0) is 13.7. The van der Waals surface area contributed by atoms with Crippen LogP contribution in [-0.2, 0) is 0 Å². The van der Waals surface area contributed by atoms with E-state index in [1.807, 2.05) is 18.2 Å². The van der Waals surface area contributed by atoms with E-state index in [2.05, 4.69) is 29.4 Å². The van der Waals surface area contributed by atoms with Gasteiger partial charge in [0.15, 0.2) is 0 Å². The molecule has 1 unspecified atom stereocenters. The third kappa shape index (κ3) is 3.31. The summed E-state index contributed by atoms with van der Waals surface area (Å²) in [6.07, 6.45) is 3.02. The average molecular weight is 256 g/mol. The van der Waals surface area contributed by atoms with Gasteiger partial charge in [-0.1, -0.05) is 37.3 Å². The molecule has 1 aromatic heterocycles. The van der Waals surface area contributed by atoms with E-state index in [0.29, 0.717) is 18.2 Å². The van der Waals surface area contributed by atoms with Crippen molar-refractivity contribution in [3.63, 3.8) is 0 Å². The Labute approximate surface area is 112 Å². The van der Waals surface area contributed by atoms with Crippen molar-refractivity contribution in [2.45, 2.75) is 12.8 Å². The minimum atomic E-state index is -0.947. The van der Waals surface area contributed by atoms with Gasteiger partial charge in [-0.15, -0.1) is 0 Å². The zero-order valence-electron chi connectivity index (χ0n) is 10.7. The Hall–Kier alpha value is -2.36. The lowest BCUT2D eigenvalue weighted by molar-refractivity contribution is 0.0698. The third-order valence-corrected chi connectivity index (χ3v) is 3.02. The number of anilines is 1. The van der Waals surface area contributed by atoms with Crippen molar-refractivity contribution in [1.82, 2.24) is 4.98 Å². The van der Waals surface area contributed by atoms with Gasteiger partial charge < -0.3 is 10.4 Å². The van der Waals surface area contributed by atoms with E-state index in [1.165, 1.54) is 17.8 Å². The normalized spacial score (nSPS) is 11.8. The highest BCUT2D eigenvalue weighted by molar-refractivity contribution is 5.93. The van der Waals surface area contributed by atoms with Crippen LogP contribution < -0.4 is 5.32 Å². The van der Waals surface area contributed by atoms with Crippen LogP contribution in [0.15, 0.2) is 48.8 Å². The molecule has 0 saturated heterocycles. The molecule has 0 spiro atoms. The molecule has 2 aromatic rings. The fourth-order valence-corrected chi connectivity index (χ4v) is 1.88. The first-order valence-electron chi connectivity index (χ1n) is 6.14. The molecule has 0 radical (unpaired) electrons. The van der Waals surface area contributed by atoms with Crippen LogP contribution in [0.5, 0.6) is 0 Å². The van der Waals surface area contributed by atoms with Crippen molar-refractivity contribution in [1.29, 1.82) is 0 Å². The highest BCUT2D eigenvalue weighted by Crippen LogP contribution is 2.18. The highest BCUT2D eigenvalue weighted by Gasteiger charge is 2.11. The minimum Gasteiger partial charge on any atom is -0.478 e. The number of benzene rings is 1. The number of carboxylic acids is 1. The maximum Gasteiger partial charge on any atom is 0.337 e. The maximum atomic E-state index is 11.1. The molecule has 4 nitrogen and oxygen atoms in total. The summed E-state index contributed by atoms with van der Waals surface area (Å²) in [4.78, 5) is 15.0. The quantitative estimate of drug-likeness (QED) is 0.863. The van der Waals surface area contributed by atoms with Crippen LogP contribution in [0.4, 0.5) is 5.69 Å². The van der Waals surface area contributed by atoms with Crippen molar-refractivity contribution in [3.8, 4) is 0 Å². The van der Waals surface area contributed by atoms with Gasteiger partial charge in [-0.05, 0) is 17.5 Å². The molecule has 0 aliphatic heterocycles. The van der Waals surface area contributed by atoms with Gasteiger partial charge in [0, 0.05) is 12.7 Å². The molecule has 1 aromatic carbocycles. The van der Waals surface area contributed by atoms with Crippen LogP contribution in [0.25, 0.3) is 0 Å². The van der Waals surface area contributed by atoms with E-state index in [1.54, 1.807) is 6.20 Å². The second-order valence-corrected chi connectivity index (χ2v) is 4.42. The van der Waals surface area contributed by atoms with Gasteiger partial charge in [-0.25, -0.2) is 4.79 Å². The number of aromatic carboxylic acids is 1. The molecule has 0 fully saturated rings. The monoisotopic (exact) mass is 256 g/mol. The molecule has 0 bridgehead atoms. The fourth-order valence-electron chi connectivity index (χ4n) is 1.88. The summed E-state index contributed by atoms with van der Waals surface area (Å²) < 4.78 is 0. The number of carboxylic acid groups (broad SMARTS) is 1. The van der Waals surface area contributed by atoms with Crippen LogP contribution in [0.1, 0.15) is 28.8 Å². The molecule has 0 aliphatic carbocycles. The molecule has 0 saturated carbocycles. The first kappa shape index (κ1) is 13.1. The van der Waals surface area contributed by atoms with E-state index < -0.39 is 5.97 Å². The van der Waals surface area contributed by atoms with Crippen molar-refractivity contribution in [2.24, 2.45) is 0 Å². The topological polar surface area (TPSA) is 62.2 Å². The van der Waals surface area contributed by atoms with E-state index in [-0.39, 0.29) is 5.56 Å². The number of carbonyl (C=O) groups is 1. The Morgan fingerprint density at radius 1 is 1.32 bits per heavy atom. The highest BCUT2D eigenvalue weighted by atomic mass is 16.4. The maximum absolute atomic E-state index is 11.1. The molecule has 19 heavy (non-hydrogen) atoms. The average Bonchev–Trinajstić information content (AvgIpc) is 2.46. The summed E-state index contributed by atoms with van der Waals surface area (Å²) in [6, 6.07) is 11.6. The van der Waals surface area contributed by atoms with Crippen LogP contribution >= 0.6 is 0 Å². The molecule has 2 rings (SSSR count). The number of hydrogen-bond donors (Lipinski definition) is 2. The van der Waals surface area contributed by atoms with Gasteiger partial charge in [0.2, 0.25) is 0 Å². The molecule has 0 aliphatic rings. The molecular weight excluding hydrogens is 240 g/mol. The van der Waals surface area contributed by atoms with Crippen LogP contribution in [0.2, 0.25) is 0 Å². The number of rotatable bonds is 5. The van der Waals surface area contributed by atoms with Crippen molar-refractivity contribution >= 4 is 11.7 Å². The Balaban J connectivity index is 2.05. The van der Waals surface area contributed by atoms with Gasteiger partial charge in [0.25, 0.3) is 0 Å². The summed E-state index contributed by atoms with van der Waals surface area (Å²) in [7, 11) is 0. The van der Waals surface area contributed by atoms with Crippen LogP contribution in [-0.4, -0.2) is 22.6 Å². The summed E-state index contributed by atoms with van der Waals surface area (Å²) in [5.41, 5.74) is 2.02. The fraction of sp³-hybridized carbons (Fsp3) is 0.200. The van der Waals surface area contributed by atoms with E-state index >= 15 is 0 Å². The third-order valence-electron chi connectivity index (χ3n) is 3.02. The number of nitrogens with zero attached hydrogens (tertiary/aromatic N) is 1. The standard InChI is InChI=1S/C15H16N2O2/c1-11(12-5-3-2-4-6-12)9-17-14-10-16-8-7-13(14)15(18)19/h2-8,10-11,17H,9H2,1H3,(H,18,19). The zero-order valence-corrected chi connectivity index (χ0v) is 10.7. The smallest absolute Gasteiger partial charge is 0.337 e. The van der Waals surface area contributed by atoms with Gasteiger partial charge in [0.1, 0.15) is 0 Å². The predicted octanol–water partition coefficient (Wildman–Crippen LogP) is 3.00. The minimum absolute atomic E-state index is 0.246. The lowest BCUT2D eigenvalue weighted by atomic mass is 10.0. The second kappa shape index (κ2) is 6.00. The van der Waals surface area contributed by atoms with E-state index in [0.717, 1.165) is 0 Å². The number of pyridine rings is 1. The molecule has 1 atom stereocenters. The Bertz CT molecular complexity index is 555. The molecular formula is C15H16N2O2. The van der Waals surface area contributed by atoms with E-state index in [9.17, 15) is 4.79 Å². The first-order valence-corrected chi connectivity index (χ1v) is 6.14. The summed E-state index contributed by atoms with van der Waals surface area (Å²) in [6.45, 7) is 2.76. The van der Waals surface area contributed by atoms with Crippen molar-refractivity contribution in [2.75, 3.05) is 11.9 Å². The van der Waals surface area contributed by atoms with Gasteiger partial charge in [0.05, 0.1) is 17.4 Å². The second-order valence-electron chi connectivity index (χ2n) is 4.42.